The monoisotopic (exact) mass is 549 g/mol. The Kier molecular flexibility index (Phi) is 8.55. The maximum atomic E-state index is 13.7. The number of anilines is 2. The van der Waals surface area contributed by atoms with Crippen LogP contribution in [-0.4, -0.2) is 42.9 Å². The van der Waals surface area contributed by atoms with Gasteiger partial charge in [-0.05, 0) is 86.4 Å². The molecule has 2 saturated heterocycles. The van der Waals surface area contributed by atoms with Crippen molar-refractivity contribution < 1.29 is 9.59 Å². The zero-order chi connectivity index (χ0) is 26.5. The molecule has 0 spiro atoms. The van der Waals surface area contributed by atoms with Crippen LogP contribution < -0.4 is 10.2 Å². The maximum Gasteiger partial charge on any atom is 0.257 e. The molecule has 0 aromatic heterocycles. The van der Waals surface area contributed by atoms with Crippen molar-refractivity contribution in [1.29, 1.82) is 0 Å². The molecule has 2 aliphatic heterocycles. The lowest BCUT2D eigenvalue weighted by atomic mass is 9.89. The van der Waals surface area contributed by atoms with Gasteiger partial charge in [0.05, 0.1) is 16.1 Å². The summed E-state index contributed by atoms with van der Waals surface area (Å²) < 4.78 is 0. The van der Waals surface area contributed by atoms with Gasteiger partial charge in [0.15, 0.2) is 0 Å². The Bertz CT molecular complexity index is 1280. The third kappa shape index (κ3) is 6.33. The van der Waals surface area contributed by atoms with E-state index >= 15 is 0 Å². The van der Waals surface area contributed by atoms with Crippen molar-refractivity contribution in [3.8, 4) is 0 Å². The van der Waals surface area contributed by atoms with Gasteiger partial charge >= 0.3 is 0 Å². The number of rotatable bonds is 6. The first kappa shape index (κ1) is 26.6. The number of hydrogen-bond donors (Lipinski definition) is 1. The number of hydrogen-bond acceptors (Lipinski definition) is 3. The van der Waals surface area contributed by atoms with Crippen LogP contribution in [0.4, 0.5) is 11.4 Å². The van der Waals surface area contributed by atoms with E-state index < -0.39 is 0 Å². The molecule has 3 aromatic rings. The number of carbonyl (C=O) groups is 2. The molecule has 1 N–H and O–H groups in total. The van der Waals surface area contributed by atoms with Crippen molar-refractivity contribution in [1.82, 2.24) is 4.90 Å². The molecule has 5 rings (SSSR count). The van der Waals surface area contributed by atoms with Crippen molar-refractivity contribution in [2.24, 2.45) is 5.92 Å². The summed E-state index contributed by atoms with van der Waals surface area (Å²) in [6.07, 6.45) is 6.46. The minimum atomic E-state index is -0.336. The lowest BCUT2D eigenvalue weighted by Crippen LogP contribution is -2.39. The van der Waals surface area contributed by atoms with E-state index in [1.165, 1.54) is 5.56 Å². The van der Waals surface area contributed by atoms with Gasteiger partial charge < -0.3 is 15.1 Å². The molecule has 2 heterocycles. The van der Waals surface area contributed by atoms with Crippen LogP contribution in [0, 0.1) is 5.92 Å². The first-order valence-corrected chi connectivity index (χ1v) is 14.2. The Labute approximate surface area is 234 Å². The summed E-state index contributed by atoms with van der Waals surface area (Å²) in [4.78, 5) is 31.0. The Morgan fingerprint density at radius 3 is 2.26 bits per heavy atom. The summed E-state index contributed by atoms with van der Waals surface area (Å²) in [6, 6.07) is 21.1. The minimum absolute atomic E-state index is 0.0340. The fourth-order valence-electron chi connectivity index (χ4n) is 5.53. The summed E-state index contributed by atoms with van der Waals surface area (Å²) in [5, 5.41) is 3.68. The zero-order valence-electron chi connectivity index (χ0n) is 21.5. The van der Waals surface area contributed by atoms with E-state index in [9.17, 15) is 9.59 Å². The number of piperidine rings is 2. The van der Waals surface area contributed by atoms with Crippen LogP contribution in [0.25, 0.3) is 0 Å². The minimum Gasteiger partial charge on any atom is -0.371 e. The highest BCUT2D eigenvalue weighted by Gasteiger charge is 2.27. The van der Waals surface area contributed by atoms with Gasteiger partial charge in [0, 0.05) is 42.6 Å². The second kappa shape index (κ2) is 12.2. The molecule has 0 saturated carbocycles. The van der Waals surface area contributed by atoms with Gasteiger partial charge in [-0.3, -0.25) is 9.59 Å². The van der Waals surface area contributed by atoms with E-state index in [4.69, 9.17) is 23.2 Å². The third-order valence-electron chi connectivity index (χ3n) is 7.63. The zero-order valence-corrected chi connectivity index (χ0v) is 23.0. The lowest BCUT2D eigenvalue weighted by molar-refractivity contribution is 0.0724. The topological polar surface area (TPSA) is 52.7 Å². The normalized spacial score (nSPS) is 16.4. The van der Waals surface area contributed by atoms with E-state index in [2.05, 4.69) is 40.5 Å². The SMILES string of the molecule is O=C(Nc1ccc(N2CCC(Cc3ccccc3)CC2)c(C(=O)N2CCCCC2)c1)c1ccc(Cl)cc1Cl. The fraction of sp³-hybridized carbons (Fsp3) is 0.355. The van der Waals surface area contributed by atoms with Gasteiger partial charge in [-0.25, -0.2) is 0 Å². The second-order valence-corrected chi connectivity index (χ2v) is 11.1. The third-order valence-corrected chi connectivity index (χ3v) is 8.17. The largest absolute Gasteiger partial charge is 0.371 e. The summed E-state index contributed by atoms with van der Waals surface area (Å²) in [5.41, 5.74) is 3.89. The molecule has 2 amide bonds. The van der Waals surface area contributed by atoms with Crippen LogP contribution in [0.3, 0.4) is 0 Å². The molecule has 0 bridgehead atoms. The van der Waals surface area contributed by atoms with E-state index in [1.807, 2.05) is 23.1 Å². The first-order valence-electron chi connectivity index (χ1n) is 13.5. The molecular weight excluding hydrogens is 517 g/mol. The Morgan fingerprint density at radius 2 is 1.55 bits per heavy atom. The number of likely N-dealkylation sites (tertiary alicyclic amines) is 1. The molecule has 2 aliphatic rings. The van der Waals surface area contributed by atoms with Crippen molar-refractivity contribution in [3.63, 3.8) is 0 Å². The van der Waals surface area contributed by atoms with Gasteiger partial charge in [-0.1, -0.05) is 53.5 Å². The fourth-order valence-corrected chi connectivity index (χ4v) is 6.02. The number of halogens is 2. The molecule has 198 valence electrons. The second-order valence-electron chi connectivity index (χ2n) is 10.3. The van der Waals surface area contributed by atoms with Crippen LogP contribution in [0.2, 0.25) is 10.0 Å². The average Bonchev–Trinajstić information content (AvgIpc) is 2.94. The molecule has 0 unspecified atom stereocenters. The van der Waals surface area contributed by atoms with Crippen molar-refractivity contribution in [2.75, 3.05) is 36.4 Å². The van der Waals surface area contributed by atoms with E-state index in [0.717, 1.165) is 70.4 Å². The van der Waals surface area contributed by atoms with Crippen molar-refractivity contribution >= 4 is 46.4 Å². The number of benzene rings is 3. The van der Waals surface area contributed by atoms with Crippen molar-refractivity contribution in [3.05, 3.63) is 93.5 Å². The molecular formula is C31H33Cl2N3O2. The lowest BCUT2D eigenvalue weighted by Gasteiger charge is -2.36. The van der Waals surface area contributed by atoms with E-state index in [1.54, 1.807) is 18.2 Å². The Balaban J connectivity index is 1.35. The average molecular weight is 551 g/mol. The van der Waals surface area contributed by atoms with Crippen LogP contribution in [0.15, 0.2) is 66.7 Å². The highest BCUT2D eigenvalue weighted by Crippen LogP contribution is 2.32. The predicted molar refractivity (Wildman–Crippen MR) is 156 cm³/mol. The van der Waals surface area contributed by atoms with Gasteiger partial charge in [0.25, 0.3) is 11.8 Å². The van der Waals surface area contributed by atoms with E-state index in [-0.39, 0.29) is 16.8 Å². The van der Waals surface area contributed by atoms with Crippen LogP contribution in [0.5, 0.6) is 0 Å². The molecule has 0 radical (unpaired) electrons. The number of carbonyl (C=O) groups excluding carboxylic acids is 2. The number of amides is 2. The Morgan fingerprint density at radius 1 is 0.816 bits per heavy atom. The summed E-state index contributed by atoms with van der Waals surface area (Å²) in [7, 11) is 0. The van der Waals surface area contributed by atoms with E-state index in [0.29, 0.717) is 27.8 Å². The first-order chi connectivity index (χ1) is 18.5. The molecule has 38 heavy (non-hydrogen) atoms. The number of nitrogens with zero attached hydrogens (tertiary/aromatic N) is 2. The highest BCUT2D eigenvalue weighted by atomic mass is 35.5. The van der Waals surface area contributed by atoms with Crippen LogP contribution in [0.1, 0.15) is 58.4 Å². The van der Waals surface area contributed by atoms with Gasteiger partial charge in [-0.2, -0.15) is 0 Å². The quantitative estimate of drug-likeness (QED) is 0.350. The summed E-state index contributed by atoms with van der Waals surface area (Å²) in [5.74, 6) is 0.335. The maximum absolute atomic E-state index is 13.7. The predicted octanol–water partition coefficient (Wildman–Crippen LogP) is 7.33. The van der Waals surface area contributed by atoms with Gasteiger partial charge in [0.1, 0.15) is 0 Å². The Hall–Kier alpha value is -3.02. The standard InChI is InChI=1S/C31H33Cl2N3O2/c32-24-9-11-26(28(33)20-24)30(37)34-25-10-12-29(27(21-25)31(38)36-15-5-2-6-16-36)35-17-13-23(14-18-35)19-22-7-3-1-4-8-22/h1,3-4,7-12,20-21,23H,2,5-6,13-19H2,(H,34,37). The molecule has 2 fully saturated rings. The molecule has 0 aliphatic carbocycles. The molecule has 7 heteroatoms. The van der Waals surface area contributed by atoms with Crippen LogP contribution >= 0.6 is 23.2 Å². The van der Waals surface area contributed by atoms with Crippen LogP contribution in [-0.2, 0) is 6.42 Å². The molecule has 5 nitrogen and oxygen atoms in total. The number of nitrogens with one attached hydrogen (secondary N) is 1. The van der Waals surface area contributed by atoms with Gasteiger partial charge in [-0.15, -0.1) is 0 Å². The molecule has 3 aromatic carbocycles. The van der Waals surface area contributed by atoms with Gasteiger partial charge in [0.2, 0.25) is 0 Å². The van der Waals surface area contributed by atoms with Crippen molar-refractivity contribution in [2.45, 2.75) is 38.5 Å². The summed E-state index contributed by atoms with van der Waals surface area (Å²) in [6.45, 7) is 3.36. The highest BCUT2D eigenvalue weighted by molar-refractivity contribution is 6.37. The molecule has 0 atom stereocenters. The summed E-state index contributed by atoms with van der Waals surface area (Å²) >= 11 is 12.2. The smallest absolute Gasteiger partial charge is 0.257 e.